The number of alkyl halides is 2. The predicted molar refractivity (Wildman–Crippen MR) is 91.7 cm³/mol. The van der Waals surface area contributed by atoms with Crippen LogP contribution in [0.25, 0.3) is 0 Å². The van der Waals surface area contributed by atoms with E-state index in [4.69, 9.17) is 5.73 Å². The molecule has 0 aliphatic heterocycles. The number of halogens is 2. The van der Waals surface area contributed by atoms with Crippen molar-refractivity contribution in [2.24, 2.45) is 5.73 Å². The Morgan fingerprint density at radius 2 is 1.30 bits per heavy atom. The van der Waals surface area contributed by atoms with Crippen LogP contribution in [0.1, 0.15) is 90.9 Å². The van der Waals surface area contributed by atoms with Gasteiger partial charge in [0.25, 0.3) is 5.92 Å². The first-order chi connectivity index (χ1) is 10.8. The van der Waals surface area contributed by atoms with Crippen LogP contribution in [-0.2, 0) is 0 Å². The molecule has 0 saturated heterocycles. The molecule has 2 unspecified atom stereocenters. The molecule has 0 amide bonds. The first kappa shape index (κ1) is 22.7. The van der Waals surface area contributed by atoms with E-state index in [1.165, 1.54) is 45.4 Å². The molecule has 3 atom stereocenters. The second-order valence-corrected chi connectivity index (χ2v) is 6.87. The summed E-state index contributed by atoms with van der Waals surface area (Å²) in [5.74, 6) is -3.14. The molecule has 0 aromatic carbocycles. The molecule has 0 aliphatic rings. The Balaban J connectivity index is 3.65. The number of unbranched alkanes of at least 4 members (excludes halogenated alkanes) is 9. The lowest BCUT2D eigenvalue weighted by Crippen LogP contribution is -2.41. The summed E-state index contributed by atoms with van der Waals surface area (Å²) in [7, 11) is 0. The normalized spacial score (nSPS) is 16.3. The van der Waals surface area contributed by atoms with Crippen molar-refractivity contribution < 1.29 is 19.0 Å². The van der Waals surface area contributed by atoms with Gasteiger partial charge in [-0.05, 0) is 13.3 Å². The molecule has 0 bridgehead atoms. The molecular formula is C18H37F2NO2. The summed E-state index contributed by atoms with van der Waals surface area (Å²) in [4.78, 5) is 0. The van der Waals surface area contributed by atoms with Gasteiger partial charge in [0.15, 0.2) is 0 Å². The third-order valence-corrected chi connectivity index (χ3v) is 4.42. The minimum Gasteiger partial charge on any atom is -0.391 e. The van der Waals surface area contributed by atoms with Gasteiger partial charge >= 0.3 is 0 Å². The fourth-order valence-electron chi connectivity index (χ4n) is 2.63. The average molecular weight is 337 g/mol. The van der Waals surface area contributed by atoms with Gasteiger partial charge in [-0.1, -0.05) is 64.7 Å². The van der Waals surface area contributed by atoms with Gasteiger partial charge in [0, 0.05) is 18.9 Å². The number of rotatable bonds is 15. The van der Waals surface area contributed by atoms with Gasteiger partial charge in [0.1, 0.15) is 6.10 Å². The molecule has 0 heterocycles. The molecule has 3 nitrogen and oxygen atoms in total. The van der Waals surface area contributed by atoms with E-state index in [1.807, 2.05) is 0 Å². The number of nitrogens with two attached hydrogens (primary N) is 1. The Labute approximate surface area is 140 Å². The standard InChI is InChI=1S/C18H37F2NO2/c1-3-4-5-6-7-8-9-10-11-12-13-18(19,20)17(23)14-16(22)15(2)21/h15-17,22-23H,3-14,21H2,1-2H3/t15?,16?,17-/m1/s1. The Morgan fingerprint density at radius 3 is 1.74 bits per heavy atom. The zero-order chi connectivity index (χ0) is 17.7. The van der Waals surface area contributed by atoms with E-state index in [0.29, 0.717) is 6.42 Å². The monoisotopic (exact) mass is 337 g/mol. The van der Waals surface area contributed by atoms with Crippen molar-refractivity contribution in [3.63, 3.8) is 0 Å². The van der Waals surface area contributed by atoms with Gasteiger partial charge in [-0.3, -0.25) is 0 Å². The molecule has 140 valence electrons. The molecule has 5 heteroatoms. The van der Waals surface area contributed by atoms with Crippen molar-refractivity contribution in [1.29, 1.82) is 0 Å². The predicted octanol–water partition coefficient (Wildman–Crippen LogP) is 4.39. The maximum Gasteiger partial charge on any atom is 0.273 e. The van der Waals surface area contributed by atoms with Crippen LogP contribution in [0.4, 0.5) is 8.78 Å². The van der Waals surface area contributed by atoms with E-state index in [-0.39, 0.29) is 12.8 Å². The minimum atomic E-state index is -3.14. The molecule has 0 aromatic heterocycles. The van der Waals surface area contributed by atoms with Crippen molar-refractivity contribution in [2.75, 3.05) is 0 Å². The van der Waals surface area contributed by atoms with E-state index >= 15 is 0 Å². The second-order valence-electron chi connectivity index (χ2n) is 6.87. The molecule has 4 N–H and O–H groups in total. The number of aliphatic hydroxyl groups excluding tert-OH is 2. The van der Waals surface area contributed by atoms with Crippen molar-refractivity contribution in [3.8, 4) is 0 Å². The van der Waals surface area contributed by atoms with E-state index < -0.39 is 24.2 Å². The van der Waals surface area contributed by atoms with E-state index in [9.17, 15) is 19.0 Å². The van der Waals surface area contributed by atoms with Crippen LogP contribution in [0, 0.1) is 0 Å². The topological polar surface area (TPSA) is 66.5 Å². The lowest BCUT2D eigenvalue weighted by molar-refractivity contribution is -0.128. The van der Waals surface area contributed by atoms with Gasteiger partial charge < -0.3 is 15.9 Å². The third-order valence-electron chi connectivity index (χ3n) is 4.42. The highest BCUT2D eigenvalue weighted by Crippen LogP contribution is 2.29. The highest BCUT2D eigenvalue weighted by Gasteiger charge is 2.38. The number of aliphatic hydroxyl groups is 2. The lowest BCUT2D eigenvalue weighted by Gasteiger charge is -2.25. The lowest BCUT2D eigenvalue weighted by atomic mass is 9.97. The molecule has 23 heavy (non-hydrogen) atoms. The van der Waals surface area contributed by atoms with Crippen molar-refractivity contribution in [2.45, 2.75) is 115 Å². The summed E-state index contributed by atoms with van der Waals surface area (Å²) in [6.45, 7) is 3.74. The van der Waals surface area contributed by atoms with Crippen molar-refractivity contribution in [1.82, 2.24) is 0 Å². The zero-order valence-electron chi connectivity index (χ0n) is 14.9. The highest BCUT2D eigenvalue weighted by atomic mass is 19.3. The Morgan fingerprint density at radius 1 is 0.870 bits per heavy atom. The molecule has 0 rings (SSSR count). The Hall–Kier alpha value is -0.260. The zero-order valence-corrected chi connectivity index (χ0v) is 14.9. The van der Waals surface area contributed by atoms with Gasteiger partial charge in [-0.15, -0.1) is 0 Å². The summed E-state index contributed by atoms with van der Waals surface area (Å²) in [5, 5.41) is 19.1. The summed E-state index contributed by atoms with van der Waals surface area (Å²) in [6.07, 6.45) is 7.20. The molecule has 0 saturated carbocycles. The van der Waals surface area contributed by atoms with Crippen LogP contribution < -0.4 is 5.73 Å². The largest absolute Gasteiger partial charge is 0.391 e. The van der Waals surface area contributed by atoms with Gasteiger partial charge in [0.05, 0.1) is 6.10 Å². The SMILES string of the molecule is CCCCCCCCCCCCC(F)(F)[C@H](O)CC(O)C(C)N. The van der Waals surface area contributed by atoms with Gasteiger partial charge in [-0.25, -0.2) is 8.78 Å². The molecule has 0 radical (unpaired) electrons. The fraction of sp³-hybridized carbons (Fsp3) is 1.00. The minimum absolute atomic E-state index is 0.323. The number of hydrogen-bond donors (Lipinski definition) is 3. The highest BCUT2D eigenvalue weighted by molar-refractivity contribution is 4.81. The van der Waals surface area contributed by atoms with Crippen molar-refractivity contribution in [3.05, 3.63) is 0 Å². The molecule has 0 spiro atoms. The molecule has 0 aliphatic carbocycles. The Kier molecular flexibility index (Phi) is 12.9. The van der Waals surface area contributed by atoms with Crippen molar-refractivity contribution >= 4 is 0 Å². The first-order valence-electron chi connectivity index (χ1n) is 9.30. The second kappa shape index (κ2) is 13.1. The van der Waals surface area contributed by atoms with E-state index in [0.717, 1.165) is 19.3 Å². The third kappa shape index (κ3) is 11.8. The van der Waals surface area contributed by atoms with Crippen LogP contribution in [0.15, 0.2) is 0 Å². The summed E-state index contributed by atoms with van der Waals surface area (Å²) in [6, 6.07) is -0.613. The summed E-state index contributed by atoms with van der Waals surface area (Å²) < 4.78 is 27.6. The van der Waals surface area contributed by atoms with Crippen LogP contribution in [0.5, 0.6) is 0 Å². The van der Waals surface area contributed by atoms with Crippen LogP contribution in [-0.4, -0.2) is 34.4 Å². The van der Waals surface area contributed by atoms with E-state index in [2.05, 4.69) is 6.92 Å². The summed E-state index contributed by atoms with van der Waals surface area (Å²) >= 11 is 0. The van der Waals surface area contributed by atoms with Crippen LogP contribution in [0.3, 0.4) is 0 Å². The maximum absolute atomic E-state index is 13.8. The first-order valence-corrected chi connectivity index (χ1v) is 9.30. The fourth-order valence-corrected chi connectivity index (χ4v) is 2.63. The molecule has 0 fully saturated rings. The molecule has 0 aromatic rings. The van der Waals surface area contributed by atoms with Crippen LogP contribution in [0.2, 0.25) is 0 Å². The van der Waals surface area contributed by atoms with Gasteiger partial charge in [-0.2, -0.15) is 0 Å². The Bertz CT molecular complexity index is 276. The van der Waals surface area contributed by atoms with E-state index in [1.54, 1.807) is 0 Å². The number of hydrogen-bond acceptors (Lipinski definition) is 3. The van der Waals surface area contributed by atoms with Gasteiger partial charge in [0.2, 0.25) is 0 Å². The van der Waals surface area contributed by atoms with Crippen LogP contribution >= 0.6 is 0 Å². The average Bonchev–Trinajstić information content (AvgIpc) is 2.48. The maximum atomic E-state index is 13.8. The quantitative estimate of drug-likeness (QED) is 0.388. The smallest absolute Gasteiger partial charge is 0.273 e. The molecular weight excluding hydrogens is 300 g/mol. The summed E-state index contributed by atoms with van der Waals surface area (Å²) in [5.41, 5.74) is 5.43.